The predicted octanol–water partition coefficient (Wildman–Crippen LogP) is 2.44. The Bertz CT molecular complexity index is 820. The number of hydrogen-bond donors (Lipinski definition) is 0. The number of hydrogen-bond acceptors (Lipinski definition) is 5. The molecule has 0 N–H and O–H groups in total. The van der Waals surface area contributed by atoms with Crippen molar-refractivity contribution in [1.82, 2.24) is 9.80 Å². The van der Waals surface area contributed by atoms with Gasteiger partial charge in [-0.3, -0.25) is 9.59 Å². The first-order valence-corrected chi connectivity index (χ1v) is 9.14. The van der Waals surface area contributed by atoms with Crippen LogP contribution in [0.4, 0.5) is 0 Å². The molecule has 0 bridgehead atoms. The topological polar surface area (TPSA) is 66.9 Å². The Morgan fingerprint density at radius 3 is 1.88 bits per heavy atom. The number of ether oxygens (including phenoxy) is 1. The van der Waals surface area contributed by atoms with Crippen LogP contribution in [0.1, 0.15) is 35.3 Å². The van der Waals surface area contributed by atoms with Gasteiger partial charge >= 0.3 is 5.97 Å². The van der Waals surface area contributed by atoms with Crippen molar-refractivity contribution in [3.63, 3.8) is 0 Å². The number of piperazine rings is 1. The van der Waals surface area contributed by atoms with Gasteiger partial charge in [0.15, 0.2) is 0 Å². The van der Waals surface area contributed by atoms with Crippen molar-refractivity contribution in [2.45, 2.75) is 6.92 Å². The lowest BCUT2D eigenvalue weighted by molar-refractivity contribution is 0.0538. The molecule has 0 unspecified atom stereocenters. The highest BCUT2D eigenvalue weighted by molar-refractivity contribution is 7.13. The van der Waals surface area contributed by atoms with E-state index in [-0.39, 0.29) is 11.8 Å². The fraction of sp³-hybridized carbons (Fsp3) is 0.316. The van der Waals surface area contributed by atoms with E-state index < -0.39 is 5.97 Å². The molecule has 1 fully saturated rings. The third kappa shape index (κ3) is 3.77. The molecule has 0 radical (unpaired) electrons. The minimum absolute atomic E-state index is 0.0256. The number of aryl methyl sites for hydroxylation is 1. The Labute approximate surface area is 156 Å². The van der Waals surface area contributed by atoms with Crippen molar-refractivity contribution in [1.29, 1.82) is 0 Å². The van der Waals surface area contributed by atoms with Crippen LogP contribution in [-0.4, -0.2) is 60.9 Å². The quantitative estimate of drug-likeness (QED) is 0.776. The highest BCUT2D eigenvalue weighted by Gasteiger charge is 2.26. The monoisotopic (exact) mass is 372 g/mol. The number of carbonyl (C=O) groups is 3. The summed E-state index contributed by atoms with van der Waals surface area (Å²) in [4.78, 5) is 41.9. The van der Waals surface area contributed by atoms with Gasteiger partial charge in [-0.1, -0.05) is 0 Å². The summed E-state index contributed by atoms with van der Waals surface area (Å²) in [7, 11) is 1.32. The van der Waals surface area contributed by atoms with Gasteiger partial charge in [0.25, 0.3) is 11.8 Å². The van der Waals surface area contributed by atoms with Crippen molar-refractivity contribution in [3.8, 4) is 0 Å². The largest absolute Gasteiger partial charge is 0.465 e. The molecule has 1 aliphatic heterocycles. The maximum Gasteiger partial charge on any atom is 0.337 e. The van der Waals surface area contributed by atoms with Crippen molar-refractivity contribution in [2.24, 2.45) is 0 Å². The third-order valence-corrected chi connectivity index (χ3v) is 5.35. The predicted molar refractivity (Wildman–Crippen MR) is 98.6 cm³/mol. The molecule has 7 heteroatoms. The maximum absolute atomic E-state index is 12.6. The molecule has 0 saturated carbocycles. The summed E-state index contributed by atoms with van der Waals surface area (Å²) in [6.45, 7) is 3.99. The van der Waals surface area contributed by atoms with Crippen LogP contribution in [-0.2, 0) is 4.74 Å². The molecule has 2 aromatic rings. The molecule has 0 spiro atoms. The minimum atomic E-state index is -0.431. The Morgan fingerprint density at radius 2 is 1.38 bits per heavy atom. The molecule has 1 aliphatic rings. The number of nitrogens with zero attached hydrogens (tertiary/aromatic N) is 2. The molecule has 2 heterocycles. The van der Waals surface area contributed by atoms with E-state index in [2.05, 4.69) is 4.74 Å². The molecular formula is C19H20N2O4S. The first-order valence-electron chi connectivity index (χ1n) is 8.33. The highest BCUT2D eigenvalue weighted by atomic mass is 32.1. The second kappa shape index (κ2) is 7.70. The van der Waals surface area contributed by atoms with Crippen LogP contribution in [0, 0.1) is 6.92 Å². The summed E-state index contributed by atoms with van der Waals surface area (Å²) in [6, 6.07) is 10.2. The van der Waals surface area contributed by atoms with E-state index in [0.717, 1.165) is 9.75 Å². The van der Waals surface area contributed by atoms with E-state index in [4.69, 9.17) is 0 Å². The van der Waals surface area contributed by atoms with E-state index in [9.17, 15) is 14.4 Å². The zero-order valence-corrected chi connectivity index (χ0v) is 15.5. The summed E-state index contributed by atoms with van der Waals surface area (Å²) < 4.78 is 4.65. The molecular weight excluding hydrogens is 352 g/mol. The Kier molecular flexibility index (Phi) is 5.37. The minimum Gasteiger partial charge on any atom is -0.465 e. The normalized spacial score (nSPS) is 14.2. The summed E-state index contributed by atoms with van der Waals surface area (Å²) >= 11 is 1.49. The fourth-order valence-corrected chi connectivity index (χ4v) is 3.70. The smallest absolute Gasteiger partial charge is 0.337 e. The van der Waals surface area contributed by atoms with Gasteiger partial charge in [-0.05, 0) is 43.3 Å². The number of esters is 1. The van der Waals surface area contributed by atoms with E-state index >= 15 is 0 Å². The van der Waals surface area contributed by atoms with Crippen LogP contribution in [0.5, 0.6) is 0 Å². The van der Waals surface area contributed by atoms with Gasteiger partial charge in [-0.25, -0.2) is 4.79 Å². The highest BCUT2D eigenvalue weighted by Crippen LogP contribution is 2.19. The molecule has 6 nitrogen and oxygen atoms in total. The van der Waals surface area contributed by atoms with Crippen LogP contribution in [0.25, 0.3) is 0 Å². The van der Waals surface area contributed by atoms with Crippen molar-refractivity contribution in [2.75, 3.05) is 33.3 Å². The number of thiophene rings is 1. The summed E-state index contributed by atoms with van der Waals surface area (Å²) in [5.41, 5.74) is 0.928. The summed E-state index contributed by atoms with van der Waals surface area (Å²) in [6.07, 6.45) is 0. The number of amides is 2. The van der Waals surface area contributed by atoms with Crippen molar-refractivity contribution >= 4 is 29.1 Å². The molecule has 136 valence electrons. The lowest BCUT2D eigenvalue weighted by Crippen LogP contribution is -2.50. The zero-order valence-electron chi connectivity index (χ0n) is 14.7. The Hall–Kier alpha value is -2.67. The summed E-state index contributed by atoms with van der Waals surface area (Å²) in [5.74, 6) is -0.502. The van der Waals surface area contributed by atoms with Gasteiger partial charge < -0.3 is 14.5 Å². The number of benzene rings is 1. The first kappa shape index (κ1) is 18.1. The third-order valence-electron chi connectivity index (χ3n) is 4.36. The van der Waals surface area contributed by atoms with Gasteiger partial charge in [0.1, 0.15) is 0 Å². The number of rotatable bonds is 3. The molecule has 3 rings (SSSR count). The average molecular weight is 372 g/mol. The lowest BCUT2D eigenvalue weighted by atomic mass is 10.1. The van der Waals surface area contributed by atoms with Gasteiger partial charge in [-0.2, -0.15) is 0 Å². The summed E-state index contributed by atoms with van der Waals surface area (Å²) in [5, 5.41) is 0. The fourth-order valence-electron chi connectivity index (χ4n) is 2.87. The van der Waals surface area contributed by atoms with E-state index in [1.165, 1.54) is 18.4 Å². The van der Waals surface area contributed by atoms with Gasteiger partial charge in [0.05, 0.1) is 17.6 Å². The molecule has 0 aliphatic carbocycles. The zero-order chi connectivity index (χ0) is 18.7. The van der Waals surface area contributed by atoms with Crippen LogP contribution in [0.2, 0.25) is 0 Å². The molecule has 1 aromatic heterocycles. The van der Waals surface area contributed by atoms with Crippen LogP contribution in [0.3, 0.4) is 0 Å². The van der Waals surface area contributed by atoms with E-state index in [0.29, 0.717) is 37.3 Å². The van der Waals surface area contributed by atoms with Gasteiger partial charge in [0, 0.05) is 36.6 Å². The lowest BCUT2D eigenvalue weighted by Gasteiger charge is -2.34. The van der Waals surface area contributed by atoms with Crippen LogP contribution < -0.4 is 0 Å². The molecule has 1 aromatic carbocycles. The van der Waals surface area contributed by atoms with E-state index in [1.807, 2.05) is 19.1 Å². The molecule has 1 saturated heterocycles. The second-order valence-corrected chi connectivity index (χ2v) is 7.35. The van der Waals surface area contributed by atoms with Crippen molar-refractivity contribution in [3.05, 3.63) is 57.3 Å². The van der Waals surface area contributed by atoms with E-state index in [1.54, 1.807) is 34.1 Å². The molecule has 0 atom stereocenters. The average Bonchev–Trinajstić information content (AvgIpc) is 3.13. The standard InChI is InChI=1S/C19H20N2O4S/c1-13-3-8-16(26-13)18(23)21-11-9-20(10-12-21)17(22)14-4-6-15(7-5-14)19(24)25-2/h3-8H,9-12H2,1-2H3. The molecule has 26 heavy (non-hydrogen) atoms. The number of carbonyl (C=O) groups excluding carboxylic acids is 3. The number of methoxy groups -OCH3 is 1. The van der Waals surface area contributed by atoms with Gasteiger partial charge in [-0.15, -0.1) is 11.3 Å². The maximum atomic E-state index is 12.6. The second-order valence-electron chi connectivity index (χ2n) is 6.06. The Balaban J connectivity index is 1.59. The van der Waals surface area contributed by atoms with Gasteiger partial charge in [0.2, 0.25) is 0 Å². The van der Waals surface area contributed by atoms with Crippen molar-refractivity contribution < 1.29 is 19.1 Å². The first-order chi connectivity index (χ1) is 12.5. The Morgan fingerprint density at radius 1 is 0.846 bits per heavy atom. The van der Waals surface area contributed by atoms with Crippen LogP contribution >= 0.6 is 11.3 Å². The van der Waals surface area contributed by atoms with Crippen LogP contribution in [0.15, 0.2) is 36.4 Å². The SMILES string of the molecule is COC(=O)c1ccc(C(=O)N2CCN(C(=O)c3ccc(C)s3)CC2)cc1. The molecule has 2 amide bonds.